The zero-order valence-electron chi connectivity index (χ0n) is 15.9. The van der Waals surface area contributed by atoms with Crippen LogP contribution in [0.2, 0.25) is 0 Å². The van der Waals surface area contributed by atoms with Gasteiger partial charge in [0.1, 0.15) is 17.2 Å². The monoisotopic (exact) mass is 372 g/mol. The van der Waals surface area contributed by atoms with Crippen molar-refractivity contribution in [2.45, 2.75) is 6.42 Å². The smallest absolute Gasteiger partial charge is 0.243 e. The summed E-state index contributed by atoms with van der Waals surface area (Å²) in [6.07, 6.45) is 0.124. The van der Waals surface area contributed by atoms with Crippen LogP contribution >= 0.6 is 0 Å². The third-order valence-electron chi connectivity index (χ3n) is 4.02. The Morgan fingerprint density at radius 3 is 2.15 bits per heavy atom. The molecule has 1 N–H and O–H groups in total. The van der Waals surface area contributed by atoms with E-state index in [4.69, 9.17) is 14.2 Å². The van der Waals surface area contributed by atoms with Crippen LogP contribution < -0.4 is 19.5 Å². The summed E-state index contributed by atoms with van der Waals surface area (Å²) >= 11 is 0. The molecule has 0 heterocycles. The van der Waals surface area contributed by atoms with Gasteiger partial charge in [-0.1, -0.05) is 6.07 Å². The molecule has 0 saturated heterocycles. The molecular formula is C20H24N2O5. The largest absolute Gasteiger partial charge is 0.497 e. The van der Waals surface area contributed by atoms with Crippen molar-refractivity contribution in [3.8, 4) is 17.2 Å². The Balaban J connectivity index is 1.93. The van der Waals surface area contributed by atoms with Gasteiger partial charge in [0.15, 0.2) is 0 Å². The molecule has 27 heavy (non-hydrogen) atoms. The lowest BCUT2D eigenvalue weighted by molar-refractivity contribution is -0.132. The topological polar surface area (TPSA) is 77.1 Å². The summed E-state index contributed by atoms with van der Waals surface area (Å²) in [5.74, 6) is 1.45. The average molecular weight is 372 g/mol. The summed E-state index contributed by atoms with van der Waals surface area (Å²) < 4.78 is 15.5. The Morgan fingerprint density at radius 1 is 0.926 bits per heavy atom. The van der Waals surface area contributed by atoms with E-state index in [0.29, 0.717) is 22.9 Å². The quantitative estimate of drug-likeness (QED) is 0.770. The molecule has 0 bridgehead atoms. The van der Waals surface area contributed by atoms with Gasteiger partial charge in [0.05, 0.1) is 34.3 Å². The second-order valence-corrected chi connectivity index (χ2v) is 5.88. The molecule has 144 valence electrons. The van der Waals surface area contributed by atoms with E-state index in [-0.39, 0.29) is 24.8 Å². The zero-order chi connectivity index (χ0) is 19.8. The van der Waals surface area contributed by atoms with Gasteiger partial charge in [0, 0.05) is 24.4 Å². The predicted molar refractivity (Wildman–Crippen MR) is 103 cm³/mol. The first-order valence-electron chi connectivity index (χ1n) is 8.35. The van der Waals surface area contributed by atoms with E-state index in [1.807, 2.05) is 0 Å². The summed E-state index contributed by atoms with van der Waals surface area (Å²) in [6, 6.07) is 12.2. The average Bonchev–Trinajstić information content (AvgIpc) is 2.68. The number of methoxy groups -OCH3 is 3. The molecule has 2 aromatic carbocycles. The van der Waals surface area contributed by atoms with Crippen LogP contribution in [0.4, 0.5) is 5.69 Å². The second-order valence-electron chi connectivity index (χ2n) is 5.88. The van der Waals surface area contributed by atoms with Crippen LogP contribution in [0, 0.1) is 0 Å². The Bertz CT molecular complexity index is 789. The number of rotatable bonds is 8. The number of ether oxygens (including phenoxy) is 3. The standard InChI is InChI=1S/C20H24N2O5/c1-22(13-19(23)21-15-6-9-16(25-2)10-7-15)20(24)11-14-5-8-17(26-3)12-18(14)27-4/h5-10,12H,11,13H2,1-4H3,(H,21,23). The van der Waals surface area contributed by atoms with Crippen molar-refractivity contribution in [3.63, 3.8) is 0 Å². The first-order chi connectivity index (χ1) is 13.0. The van der Waals surface area contributed by atoms with E-state index < -0.39 is 0 Å². The molecule has 0 fully saturated rings. The molecule has 2 rings (SSSR count). The number of benzene rings is 2. The predicted octanol–water partition coefficient (Wildman–Crippen LogP) is 2.35. The van der Waals surface area contributed by atoms with Crippen LogP contribution in [0.25, 0.3) is 0 Å². The minimum atomic E-state index is -0.280. The molecule has 0 aliphatic heterocycles. The van der Waals surface area contributed by atoms with Crippen molar-refractivity contribution >= 4 is 17.5 Å². The van der Waals surface area contributed by atoms with E-state index in [1.54, 1.807) is 63.7 Å². The maximum atomic E-state index is 12.4. The first-order valence-corrected chi connectivity index (χ1v) is 8.35. The Kier molecular flexibility index (Phi) is 7.05. The van der Waals surface area contributed by atoms with Crippen molar-refractivity contribution in [2.75, 3.05) is 40.2 Å². The summed E-state index contributed by atoms with van der Waals surface area (Å²) in [5, 5.41) is 2.75. The molecule has 0 saturated carbocycles. The minimum Gasteiger partial charge on any atom is -0.497 e. The number of hydrogen-bond acceptors (Lipinski definition) is 5. The molecule has 0 aromatic heterocycles. The van der Waals surface area contributed by atoms with Crippen LogP contribution in [-0.2, 0) is 16.0 Å². The van der Waals surface area contributed by atoms with Gasteiger partial charge in [-0.3, -0.25) is 9.59 Å². The van der Waals surface area contributed by atoms with Crippen LogP contribution in [0.15, 0.2) is 42.5 Å². The highest BCUT2D eigenvalue weighted by Crippen LogP contribution is 2.25. The van der Waals surface area contributed by atoms with Crippen molar-refractivity contribution in [2.24, 2.45) is 0 Å². The number of likely N-dealkylation sites (N-methyl/N-ethyl adjacent to an activating group) is 1. The normalized spacial score (nSPS) is 10.1. The van der Waals surface area contributed by atoms with Gasteiger partial charge in [0.25, 0.3) is 0 Å². The fourth-order valence-electron chi connectivity index (χ4n) is 2.47. The van der Waals surface area contributed by atoms with Gasteiger partial charge in [0.2, 0.25) is 11.8 Å². The number of amides is 2. The number of carbonyl (C=O) groups is 2. The Hall–Kier alpha value is -3.22. The summed E-state index contributed by atoms with van der Waals surface area (Å²) in [6.45, 7) is -0.0522. The number of anilines is 1. The first kappa shape index (κ1) is 20.1. The number of hydrogen-bond donors (Lipinski definition) is 1. The molecule has 7 nitrogen and oxygen atoms in total. The third kappa shape index (κ3) is 5.64. The number of carbonyl (C=O) groups excluding carboxylic acids is 2. The third-order valence-corrected chi connectivity index (χ3v) is 4.02. The summed E-state index contributed by atoms with van der Waals surface area (Å²) in [5.41, 5.74) is 1.36. The number of nitrogens with zero attached hydrogens (tertiary/aromatic N) is 1. The van der Waals surface area contributed by atoms with Gasteiger partial charge >= 0.3 is 0 Å². The van der Waals surface area contributed by atoms with Gasteiger partial charge < -0.3 is 24.4 Å². The molecule has 2 amide bonds. The molecule has 0 aliphatic carbocycles. The molecular weight excluding hydrogens is 348 g/mol. The lowest BCUT2D eigenvalue weighted by Gasteiger charge is -2.18. The van der Waals surface area contributed by atoms with Crippen molar-refractivity contribution in [3.05, 3.63) is 48.0 Å². The molecule has 0 unspecified atom stereocenters. The zero-order valence-corrected chi connectivity index (χ0v) is 15.9. The van der Waals surface area contributed by atoms with Gasteiger partial charge in [-0.2, -0.15) is 0 Å². The fraction of sp³-hybridized carbons (Fsp3) is 0.300. The van der Waals surface area contributed by atoms with Crippen LogP contribution in [0.1, 0.15) is 5.56 Å². The lowest BCUT2D eigenvalue weighted by atomic mass is 10.1. The highest BCUT2D eigenvalue weighted by atomic mass is 16.5. The highest BCUT2D eigenvalue weighted by Gasteiger charge is 2.16. The lowest BCUT2D eigenvalue weighted by Crippen LogP contribution is -2.35. The SMILES string of the molecule is COc1ccc(NC(=O)CN(C)C(=O)Cc2ccc(OC)cc2OC)cc1. The van der Waals surface area contributed by atoms with E-state index >= 15 is 0 Å². The van der Waals surface area contributed by atoms with E-state index in [9.17, 15) is 9.59 Å². The molecule has 2 aromatic rings. The fourth-order valence-corrected chi connectivity index (χ4v) is 2.47. The molecule has 0 atom stereocenters. The van der Waals surface area contributed by atoms with E-state index in [0.717, 1.165) is 5.56 Å². The van der Waals surface area contributed by atoms with Crippen LogP contribution in [0.5, 0.6) is 17.2 Å². The maximum absolute atomic E-state index is 12.4. The highest BCUT2D eigenvalue weighted by molar-refractivity contribution is 5.94. The second kappa shape index (κ2) is 9.47. The Labute approximate surface area is 158 Å². The van der Waals surface area contributed by atoms with Crippen LogP contribution in [-0.4, -0.2) is 51.6 Å². The van der Waals surface area contributed by atoms with Crippen molar-refractivity contribution in [1.29, 1.82) is 0 Å². The molecule has 0 spiro atoms. The van der Waals surface area contributed by atoms with Gasteiger partial charge in [-0.15, -0.1) is 0 Å². The molecule has 0 radical (unpaired) electrons. The van der Waals surface area contributed by atoms with Crippen molar-refractivity contribution < 1.29 is 23.8 Å². The van der Waals surface area contributed by atoms with E-state index in [2.05, 4.69) is 5.32 Å². The maximum Gasteiger partial charge on any atom is 0.243 e. The van der Waals surface area contributed by atoms with Gasteiger partial charge in [-0.25, -0.2) is 0 Å². The van der Waals surface area contributed by atoms with Crippen molar-refractivity contribution in [1.82, 2.24) is 4.90 Å². The number of nitrogens with one attached hydrogen (secondary N) is 1. The molecule has 0 aliphatic rings. The van der Waals surface area contributed by atoms with Crippen LogP contribution in [0.3, 0.4) is 0 Å². The summed E-state index contributed by atoms with van der Waals surface area (Å²) in [7, 11) is 6.27. The minimum absolute atomic E-state index is 0.0522. The van der Waals surface area contributed by atoms with E-state index in [1.165, 1.54) is 12.0 Å². The Morgan fingerprint density at radius 2 is 1.56 bits per heavy atom. The molecule has 7 heteroatoms. The summed E-state index contributed by atoms with van der Waals surface area (Å²) in [4.78, 5) is 26.0. The van der Waals surface area contributed by atoms with Gasteiger partial charge in [-0.05, 0) is 30.3 Å².